The van der Waals surface area contributed by atoms with Crippen LogP contribution in [0.4, 0.5) is 4.79 Å². The van der Waals surface area contributed by atoms with Crippen LogP contribution in [0.3, 0.4) is 0 Å². The number of unbranched alkanes of at least 4 members (excludes halogenated alkanes) is 2. The molecule has 0 bridgehead atoms. The molecule has 0 spiro atoms. The van der Waals surface area contributed by atoms with Crippen molar-refractivity contribution in [2.45, 2.75) is 51.5 Å². The highest BCUT2D eigenvalue weighted by atomic mass is 16.5. The lowest BCUT2D eigenvalue weighted by atomic mass is 10.0. The Morgan fingerprint density at radius 1 is 1.10 bits per heavy atom. The molecule has 0 aliphatic carbocycles. The van der Waals surface area contributed by atoms with Gasteiger partial charge in [0.2, 0.25) is 0 Å². The standard InChI is InChI=1S/C22H25N3O4/c1-2-18(26)10-4-3-5-11-19(23-22(27)28)20-24-21(29-25-20)17-13-12-15-8-6-7-9-16(15)14-17/h6-9,12-14,19,23H,2-5,10-11H2,1H3,(H,27,28)/t19-/m0/s1. The molecular formula is C22H25N3O4. The van der Waals surface area contributed by atoms with Crippen LogP contribution in [-0.2, 0) is 4.79 Å². The predicted octanol–water partition coefficient (Wildman–Crippen LogP) is 5.13. The lowest BCUT2D eigenvalue weighted by Gasteiger charge is -2.12. The number of hydrogen-bond donors (Lipinski definition) is 2. The SMILES string of the molecule is CCC(=O)CCCCC[C@H](NC(=O)O)c1noc(-c2ccc3ccccc3c2)n1. The van der Waals surface area contributed by atoms with Gasteiger partial charge in [-0.25, -0.2) is 4.79 Å². The van der Waals surface area contributed by atoms with Crippen LogP contribution in [0.25, 0.3) is 22.2 Å². The summed E-state index contributed by atoms with van der Waals surface area (Å²) in [4.78, 5) is 27.0. The molecule has 1 atom stereocenters. The number of benzene rings is 2. The van der Waals surface area contributed by atoms with Gasteiger partial charge in [0, 0.05) is 18.4 Å². The van der Waals surface area contributed by atoms with Gasteiger partial charge in [0.25, 0.3) is 5.89 Å². The zero-order chi connectivity index (χ0) is 20.6. The smallest absolute Gasteiger partial charge is 0.405 e. The molecule has 3 rings (SSSR count). The molecule has 0 unspecified atom stereocenters. The third kappa shape index (κ3) is 5.63. The number of nitrogens with zero attached hydrogens (tertiary/aromatic N) is 2. The van der Waals surface area contributed by atoms with Gasteiger partial charge in [0.1, 0.15) is 5.78 Å². The Labute approximate surface area is 169 Å². The summed E-state index contributed by atoms with van der Waals surface area (Å²) < 4.78 is 5.40. The van der Waals surface area contributed by atoms with Crippen molar-refractivity contribution in [2.75, 3.05) is 0 Å². The fourth-order valence-electron chi connectivity index (χ4n) is 3.26. The third-order valence-electron chi connectivity index (χ3n) is 4.89. The van der Waals surface area contributed by atoms with Crippen LogP contribution < -0.4 is 5.32 Å². The highest BCUT2D eigenvalue weighted by molar-refractivity contribution is 5.86. The van der Waals surface area contributed by atoms with Crippen LogP contribution in [0, 0.1) is 0 Å². The molecular weight excluding hydrogens is 370 g/mol. The normalized spacial score (nSPS) is 12.0. The first-order valence-electron chi connectivity index (χ1n) is 9.90. The summed E-state index contributed by atoms with van der Waals surface area (Å²) in [6.45, 7) is 1.86. The molecule has 7 nitrogen and oxygen atoms in total. The van der Waals surface area contributed by atoms with Crippen molar-refractivity contribution in [3.05, 3.63) is 48.3 Å². The van der Waals surface area contributed by atoms with E-state index in [9.17, 15) is 9.59 Å². The summed E-state index contributed by atoms with van der Waals surface area (Å²) in [5.41, 5.74) is 0.787. The largest absolute Gasteiger partial charge is 0.465 e. The number of hydrogen-bond acceptors (Lipinski definition) is 5. The summed E-state index contributed by atoms with van der Waals surface area (Å²) in [7, 11) is 0. The molecule has 0 radical (unpaired) electrons. The molecule has 1 amide bonds. The van der Waals surface area contributed by atoms with E-state index in [4.69, 9.17) is 9.63 Å². The Balaban J connectivity index is 1.67. The number of rotatable bonds is 10. The van der Waals surface area contributed by atoms with Gasteiger partial charge in [-0.1, -0.05) is 55.3 Å². The Hall–Kier alpha value is -3.22. The monoisotopic (exact) mass is 395 g/mol. The number of amides is 1. The van der Waals surface area contributed by atoms with Gasteiger partial charge in [-0.05, 0) is 35.7 Å². The van der Waals surface area contributed by atoms with E-state index in [1.807, 2.05) is 49.4 Å². The molecule has 0 fully saturated rings. The average molecular weight is 395 g/mol. The van der Waals surface area contributed by atoms with Crippen LogP contribution in [0.1, 0.15) is 57.3 Å². The summed E-state index contributed by atoms with van der Waals surface area (Å²) >= 11 is 0. The van der Waals surface area contributed by atoms with Gasteiger partial charge in [-0.2, -0.15) is 4.98 Å². The molecule has 0 saturated carbocycles. The molecule has 2 N–H and O–H groups in total. The number of carbonyl (C=O) groups excluding carboxylic acids is 1. The maximum Gasteiger partial charge on any atom is 0.405 e. The van der Waals surface area contributed by atoms with Crippen LogP contribution >= 0.6 is 0 Å². The molecule has 3 aromatic rings. The first-order chi connectivity index (χ1) is 14.1. The van der Waals surface area contributed by atoms with Crippen molar-refractivity contribution in [3.8, 4) is 11.5 Å². The van der Waals surface area contributed by atoms with Gasteiger partial charge >= 0.3 is 6.09 Å². The van der Waals surface area contributed by atoms with Crippen LogP contribution in [0.2, 0.25) is 0 Å². The summed E-state index contributed by atoms with van der Waals surface area (Å²) in [5.74, 6) is 0.931. The molecule has 0 aliphatic rings. The molecule has 2 aromatic carbocycles. The van der Waals surface area contributed by atoms with Gasteiger partial charge in [-0.3, -0.25) is 4.79 Å². The maximum atomic E-state index is 11.4. The second kappa shape index (κ2) is 9.82. The number of ketones is 1. The first-order valence-corrected chi connectivity index (χ1v) is 9.90. The minimum atomic E-state index is -1.13. The number of Topliss-reactive ketones (excluding diaryl/α,β-unsaturated/α-hetero) is 1. The van der Waals surface area contributed by atoms with Crippen molar-refractivity contribution in [3.63, 3.8) is 0 Å². The van der Waals surface area contributed by atoms with E-state index in [0.29, 0.717) is 31.0 Å². The van der Waals surface area contributed by atoms with Gasteiger partial charge in [0.15, 0.2) is 5.82 Å². The molecule has 7 heteroatoms. The lowest BCUT2D eigenvalue weighted by molar-refractivity contribution is -0.118. The van der Waals surface area contributed by atoms with E-state index in [1.54, 1.807) is 0 Å². The molecule has 0 aliphatic heterocycles. The fourth-order valence-corrected chi connectivity index (χ4v) is 3.26. The Morgan fingerprint density at radius 3 is 2.66 bits per heavy atom. The first kappa shape index (κ1) is 20.5. The number of aromatic nitrogens is 2. The van der Waals surface area contributed by atoms with Gasteiger partial charge in [0.05, 0.1) is 6.04 Å². The number of fused-ring (bicyclic) bond motifs is 1. The highest BCUT2D eigenvalue weighted by Crippen LogP contribution is 2.25. The van der Waals surface area contributed by atoms with Crippen LogP contribution in [-0.4, -0.2) is 27.1 Å². The highest BCUT2D eigenvalue weighted by Gasteiger charge is 2.21. The van der Waals surface area contributed by atoms with Gasteiger partial charge < -0.3 is 14.9 Å². The number of nitrogens with one attached hydrogen (secondary N) is 1. The van der Waals surface area contributed by atoms with E-state index in [0.717, 1.165) is 35.6 Å². The topological polar surface area (TPSA) is 105 Å². The number of carbonyl (C=O) groups is 2. The Morgan fingerprint density at radius 2 is 1.90 bits per heavy atom. The Bertz CT molecular complexity index is 983. The van der Waals surface area contributed by atoms with Crippen molar-refractivity contribution in [2.24, 2.45) is 0 Å². The zero-order valence-electron chi connectivity index (χ0n) is 16.4. The average Bonchev–Trinajstić information content (AvgIpc) is 3.22. The van der Waals surface area contributed by atoms with E-state index >= 15 is 0 Å². The van der Waals surface area contributed by atoms with E-state index in [2.05, 4.69) is 15.5 Å². The fraction of sp³-hybridized carbons (Fsp3) is 0.364. The minimum Gasteiger partial charge on any atom is -0.465 e. The predicted molar refractivity (Wildman–Crippen MR) is 110 cm³/mol. The van der Waals surface area contributed by atoms with Crippen molar-refractivity contribution in [1.29, 1.82) is 0 Å². The van der Waals surface area contributed by atoms with E-state index in [-0.39, 0.29) is 5.78 Å². The molecule has 1 aromatic heterocycles. The van der Waals surface area contributed by atoms with E-state index < -0.39 is 12.1 Å². The van der Waals surface area contributed by atoms with Gasteiger partial charge in [-0.15, -0.1) is 0 Å². The quantitative estimate of drug-likeness (QED) is 0.461. The second-order valence-electron chi connectivity index (χ2n) is 7.01. The van der Waals surface area contributed by atoms with Crippen LogP contribution in [0.5, 0.6) is 0 Å². The van der Waals surface area contributed by atoms with Crippen molar-refractivity contribution in [1.82, 2.24) is 15.5 Å². The minimum absolute atomic E-state index is 0.253. The summed E-state index contributed by atoms with van der Waals surface area (Å²) in [6, 6.07) is 13.3. The second-order valence-corrected chi connectivity index (χ2v) is 7.01. The summed E-state index contributed by atoms with van der Waals surface area (Å²) in [6.07, 6.45) is 2.96. The molecule has 152 valence electrons. The molecule has 1 heterocycles. The molecule has 0 saturated heterocycles. The van der Waals surface area contributed by atoms with Crippen molar-refractivity contribution < 1.29 is 19.2 Å². The Kier molecular flexibility index (Phi) is 6.94. The lowest BCUT2D eigenvalue weighted by Crippen LogP contribution is -2.27. The van der Waals surface area contributed by atoms with E-state index in [1.165, 1.54) is 0 Å². The number of carboxylic acid groups (broad SMARTS) is 1. The molecule has 29 heavy (non-hydrogen) atoms. The third-order valence-corrected chi connectivity index (χ3v) is 4.89. The summed E-state index contributed by atoms with van der Waals surface area (Å²) in [5, 5.41) is 17.8. The maximum absolute atomic E-state index is 11.4. The van der Waals surface area contributed by atoms with Crippen LogP contribution in [0.15, 0.2) is 47.0 Å². The zero-order valence-corrected chi connectivity index (χ0v) is 16.4. The van der Waals surface area contributed by atoms with Crippen molar-refractivity contribution >= 4 is 22.6 Å².